The lowest BCUT2D eigenvalue weighted by molar-refractivity contribution is 0.0961. The van der Waals surface area contributed by atoms with Gasteiger partial charge in [0.05, 0.1) is 42.8 Å². The minimum atomic E-state index is -0.835. The maximum atomic E-state index is 12.7. The largest absolute Gasteiger partial charge is 0.496 e. The molecular formula is C21H21N7O4. The molecule has 0 bridgehead atoms. The van der Waals surface area contributed by atoms with Gasteiger partial charge in [-0.2, -0.15) is 0 Å². The molecule has 1 aromatic carbocycles. The van der Waals surface area contributed by atoms with Gasteiger partial charge in [-0.15, -0.1) is 0 Å². The van der Waals surface area contributed by atoms with Crippen LogP contribution in [0.15, 0.2) is 43.1 Å². The van der Waals surface area contributed by atoms with E-state index in [4.69, 9.17) is 9.47 Å². The van der Waals surface area contributed by atoms with E-state index in [0.717, 1.165) is 18.5 Å². The third-order valence-corrected chi connectivity index (χ3v) is 4.70. The Morgan fingerprint density at radius 1 is 1.12 bits per heavy atom. The van der Waals surface area contributed by atoms with Crippen molar-refractivity contribution in [3.05, 3.63) is 54.4 Å². The molecule has 164 valence electrons. The van der Waals surface area contributed by atoms with Crippen LogP contribution >= 0.6 is 0 Å². The lowest BCUT2D eigenvalue weighted by Crippen LogP contribution is -2.24. The summed E-state index contributed by atoms with van der Waals surface area (Å²) in [7, 11) is 2.93. The van der Waals surface area contributed by atoms with Gasteiger partial charge in [0.2, 0.25) is 0 Å². The summed E-state index contributed by atoms with van der Waals surface area (Å²) in [5.41, 5.74) is 1.70. The Balaban J connectivity index is 1.59. The third kappa shape index (κ3) is 4.72. The molecule has 4 rings (SSSR count). The number of carbonyl (C=O) groups excluding carboxylic acids is 2. The number of ether oxygens (including phenoxy) is 2. The number of amides is 2. The fraction of sp³-hybridized carbons (Fsp3) is 0.238. The molecule has 32 heavy (non-hydrogen) atoms. The molecule has 2 amide bonds. The smallest absolute Gasteiger partial charge is 0.418 e. The lowest BCUT2D eigenvalue weighted by Gasteiger charge is -2.15. The molecule has 0 spiro atoms. The van der Waals surface area contributed by atoms with Crippen molar-refractivity contribution in [2.75, 3.05) is 24.8 Å². The van der Waals surface area contributed by atoms with Crippen LogP contribution in [-0.4, -0.2) is 46.1 Å². The molecule has 0 aliphatic heterocycles. The van der Waals surface area contributed by atoms with E-state index in [1.165, 1.54) is 20.5 Å². The molecule has 0 radical (unpaired) electrons. The second-order valence-electron chi connectivity index (χ2n) is 6.95. The normalized spacial score (nSPS) is 12.6. The predicted octanol–water partition coefficient (Wildman–Crippen LogP) is 2.87. The summed E-state index contributed by atoms with van der Waals surface area (Å²) in [4.78, 5) is 41.7. The van der Waals surface area contributed by atoms with Crippen LogP contribution in [0.1, 0.15) is 34.8 Å². The van der Waals surface area contributed by atoms with Crippen molar-refractivity contribution >= 4 is 29.2 Å². The van der Waals surface area contributed by atoms with Gasteiger partial charge in [-0.3, -0.25) is 10.1 Å². The average molecular weight is 435 g/mol. The molecule has 3 N–H and O–H groups in total. The number of benzene rings is 1. The molecule has 11 nitrogen and oxygen atoms in total. The minimum absolute atomic E-state index is 0.000132. The zero-order valence-electron chi connectivity index (χ0n) is 17.5. The molecule has 0 saturated heterocycles. The van der Waals surface area contributed by atoms with E-state index < -0.39 is 12.0 Å². The van der Waals surface area contributed by atoms with Crippen molar-refractivity contribution in [3.63, 3.8) is 0 Å². The van der Waals surface area contributed by atoms with Gasteiger partial charge in [0.1, 0.15) is 17.6 Å². The molecule has 3 aromatic rings. The number of methoxy groups -OCH3 is 1. The van der Waals surface area contributed by atoms with Crippen LogP contribution in [0.4, 0.5) is 22.0 Å². The SMILES string of the molecule is CNC(=O)c1c(NC(=O)Oc2nc(C3CC3)cnc2Nc2cncnc2)cccc1OC. The predicted molar refractivity (Wildman–Crippen MR) is 115 cm³/mol. The molecule has 2 heterocycles. The van der Waals surface area contributed by atoms with E-state index >= 15 is 0 Å². The molecule has 1 aliphatic rings. The first kappa shape index (κ1) is 21.0. The van der Waals surface area contributed by atoms with Crippen molar-refractivity contribution in [2.45, 2.75) is 18.8 Å². The highest BCUT2D eigenvalue weighted by Gasteiger charge is 2.27. The number of hydrogen-bond donors (Lipinski definition) is 3. The van der Waals surface area contributed by atoms with Gasteiger partial charge >= 0.3 is 6.09 Å². The highest BCUT2D eigenvalue weighted by atomic mass is 16.6. The molecule has 1 fully saturated rings. The molecular weight excluding hydrogens is 414 g/mol. The van der Waals surface area contributed by atoms with Crippen LogP contribution in [0.25, 0.3) is 0 Å². The number of anilines is 3. The zero-order valence-corrected chi connectivity index (χ0v) is 17.5. The van der Waals surface area contributed by atoms with E-state index in [-0.39, 0.29) is 22.9 Å². The van der Waals surface area contributed by atoms with Gasteiger partial charge in [-0.05, 0) is 25.0 Å². The van der Waals surface area contributed by atoms with Gasteiger partial charge in [-0.1, -0.05) is 6.07 Å². The standard InChI is InChI=1S/C21H21N7O4/c1-22-19(29)17-14(4-3-5-16(17)31-2)28-21(30)32-20-18(26-13-8-23-11-24-9-13)25-10-15(27-20)12-6-7-12/h3-5,8-12H,6-7H2,1-2H3,(H,22,29)(H,25,26)(H,28,30). The second kappa shape index (κ2) is 9.25. The van der Waals surface area contributed by atoms with E-state index in [1.54, 1.807) is 36.8 Å². The van der Waals surface area contributed by atoms with Gasteiger partial charge in [-0.25, -0.2) is 24.7 Å². The van der Waals surface area contributed by atoms with Crippen molar-refractivity contribution in [2.24, 2.45) is 0 Å². The van der Waals surface area contributed by atoms with Gasteiger partial charge in [0.25, 0.3) is 11.8 Å². The summed E-state index contributed by atoms with van der Waals surface area (Å²) in [6.07, 6.45) is 7.35. The average Bonchev–Trinajstić information content (AvgIpc) is 3.65. The summed E-state index contributed by atoms with van der Waals surface area (Å²) in [6.45, 7) is 0. The Kier molecular flexibility index (Phi) is 6.06. The Morgan fingerprint density at radius 2 is 1.91 bits per heavy atom. The molecule has 1 aliphatic carbocycles. The number of nitrogens with zero attached hydrogens (tertiary/aromatic N) is 4. The highest BCUT2D eigenvalue weighted by molar-refractivity contribution is 6.05. The fourth-order valence-corrected chi connectivity index (χ4v) is 3.01. The first-order valence-electron chi connectivity index (χ1n) is 9.86. The fourth-order valence-electron chi connectivity index (χ4n) is 3.01. The Labute approximate surface area is 183 Å². The molecule has 1 saturated carbocycles. The first-order valence-corrected chi connectivity index (χ1v) is 9.86. The third-order valence-electron chi connectivity index (χ3n) is 4.70. The Hall–Kier alpha value is -4.28. The maximum absolute atomic E-state index is 12.7. The first-order chi connectivity index (χ1) is 15.6. The van der Waals surface area contributed by atoms with Crippen LogP contribution in [0.2, 0.25) is 0 Å². The molecule has 11 heteroatoms. The number of rotatable bonds is 7. The van der Waals surface area contributed by atoms with Crippen molar-refractivity contribution in [3.8, 4) is 11.6 Å². The Morgan fingerprint density at radius 3 is 2.59 bits per heavy atom. The van der Waals surface area contributed by atoms with Crippen LogP contribution in [0.3, 0.4) is 0 Å². The van der Waals surface area contributed by atoms with E-state index in [2.05, 4.69) is 35.9 Å². The van der Waals surface area contributed by atoms with Gasteiger partial charge < -0.3 is 20.1 Å². The van der Waals surface area contributed by atoms with Crippen molar-refractivity contribution < 1.29 is 19.1 Å². The number of carbonyl (C=O) groups is 2. The van der Waals surface area contributed by atoms with Gasteiger partial charge in [0, 0.05) is 13.0 Å². The quantitative estimate of drug-likeness (QED) is 0.511. The lowest BCUT2D eigenvalue weighted by atomic mass is 10.1. The van der Waals surface area contributed by atoms with Gasteiger partial charge in [0.15, 0.2) is 5.82 Å². The molecule has 0 atom stereocenters. The monoisotopic (exact) mass is 435 g/mol. The van der Waals surface area contributed by atoms with Crippen LogP contribution in [0.5, 0.6) is 11.6 Å². The van der Waals surface area contributed by atoms with E-state index in [1.807, 2.05) is 0 Å². The van der Waals surface area contributed by atoms with E-state index in [9.17, 15) is 9.59 Å². The Bertz CT molecular complexity index is 1140. The molecule has 0 unspecified atom stereocenters. The van der Waals surface area contributed by atoms with Crippen LogP contribution in [-0.2, 0) is 0 Å². The summed E-state index contributed by atoms with van der Waals surface area (Å²) in [5, 5.41) is 8.11. The summed E-state index contributed by atoms with van der Waals surface area (Å²) in [6, 6.07) is 4.84. The minimum Gasteiger partial charge on any atom is -0.496 e. The summed E-state index contributed by atoms with van der Waals surface area (Å²) < 4.78 is 10.7. The van der Waals surface area contributed by atoms with Crippen LogP contribution in [0, 0.1) is 0 Å². The van der Waals surface area contributed by atoms with E-state index in [0.29, 0.717) is 17.4 Å². The second-order valence-corrected chi connectivity index (χ2v) is 6.95. The number of hydrogen-bond acceptors (Lipinski definition) is 9. The summed E-state index contributed by atoms with van der Waals surface area (Å²) >= 11 is 0. The highest BCUT2D eigenvalue weighted by Crippen LogP contribution is 2.40. The zero-order chi connectivity index (χ0) is 22.5. The molecule has 2 aromatic heterocycles. The summed E-state index contributed by atoms with van der Waals surface area (Å²) in [5.74, 6) is 0.431. The number of aromatic nitrogens is 4. The van der Waals surface area contributed by atoms with Crippen LogP contribution < -0.4 is 25.4 Å². The van der Waals surface area contributed by atoms with Crippen molar-refractivity contribution in [1.82, 2.24) is 25.3 Å². The number of nitrogens with one attached hydrogen (secondary N) is 3. The topological polar surface area (TPSA) is 140 Å². The maximum Gasteiger partial charge on any atom is 0.418 e. The van der Waals surface area contributed by atoms with Crippen molar-refractivity contribution in [1.29, 1.82) is 0 Å².